The van der Waals surface area contributed by atoms with Crippen molar-refractivity contribution in [3.8, 4) is 34.3 Å². The molecule has 0 atom stereocenters. The Kier molecular flexibility index (Phi) is 5.65. The van der Waals surface area contributed by atoms with Crippen molar-refractivity contribution in [1.82, 2.24) is 14.7 Å². The van der Waals surface area contributed by atoms with Crippen LogP contribution in [-0.2, 0) is 6.54 Å². The fourth-order valence-electron chi connectivity index (χ4n) is 3.69. The van der Waals surface area contributed by atoms with Crippen molar-refractivity contribution in [2.45, 2.75) is 6.54 Å². The maximum atomic E-state index is 10.8. The van der Waals surface area contributed by atoms with E-state index in [2.05, 4.69) is 5.16 Å². The van der Waals surface area contributed by atoms with Gasteiger partial charge < -0.3 is 18.6 Å². The van der Waals surface area contributed by atoms with Crippen LogP contribution in [0.2, 0.25) is 0 Å². The summed E-state index contributed by atoms with van der Waals surface area (Å²) in [5, 5.41) is 15.1. The molecule has 5 aromatic rings. The topological polar surface area (TPSA) is 105 Å². The van der Waals surface area contributed by atoms with Crippen molar-refractivity contribution < 1.29 is 18.9 Å². The molecular weight excluding hydrogens is 436 g/mol. The zero-order chi connectivity index (χ0) is 23.5. The van der Waals surface area contributed by atoms with Crippen molar-refractivity contribution in [2.75, 3.05) is 13.7 Å². The predicted octanol–water partition coefficient (Wildman–Crippen LogP) is 5.35. The van der Waals surface area contributed by atoms with E-state index in [1.54, 1.807) is 19.2 Å². The van der Waals surface area contributed by atoms with Gasteiger partial charge >= 0.3 is 0 Å². The summed E-state index contributed by atoms with van der Waals surface area (Å²) in [7, 11) is 1.62. The molecular formula is C25H20N4O5. The average Bonchev–Trinajstić information content (AvgIpc) is 3.50. The normalized spacial score (nSPS) is 11.0. The third-order valence-electron chi connectivity index (χ3n) is 5.40. The van der Waals surface area contributed by atoms with Gasteiger partial charge in [0, 0.05) is 23.8 Å². The number of ether oxygens (including phenoxy) is 2. The van der Waals surface area contributed by atoms with E-state index >= 15 is 0 Å². The monoisotopic (exact) mass is 456 g/mol. The van der Waals surface area contributed by atoms with Gasteiger partial charge in [0.15, 0.2) is 11.6 Å². The number of hydrogen-bond donors (Lipinski definition) is 0. The lowest BCUT2D eigenvalue weighted by Gasteiger charge is -2.09. The molecule has 0 N–H and O–H groups in total. The lowest BCUT2D eigenvalue weighted by Crippen LogP contribution is -2.09. The highest BCUT2D eigenvalue weighted by Gasteiger charge is 2.17. The predicted molar refractivity (Wildman–Crippen MR) is 126 cm³/mol. The van der Waals surface area contributed by atoms with Gasteiger partial charge in [0.1, 0.15) is 23.8 Å². The number of para-hydroxylation sites is 2. The molecule has 5 rings (SSSR count). The molecule has 0 saturated carbocycles. The van der Waals surface area contributed by atoms with Crippen molar-refractivity contribution in [3.05, 3.63) is 89.0 Å². The van der Waals surface area contributed by atoms with E-state index in [1.807, 2.05) is 59.2 Å². The van der Waals surface area contributed by atoms with Crippen molar-refractivity contribution in [2.24, 2.45) is 0 Å². The van der Waals surface area contributed by atoms with Crippen molar-refractivity contribution in [1.29, 1.82) is 0 Å². The van der Waals surface area contributed by atoms with E-state index in [4.69, 9.17) is 19.0 Å². The number of methoxy groups -OCH3 is 1. The van der Waals surface area contributed by atoms with Gasteiger partial charge in [-0.05, 0) is 48.5 Å². The first-order valence-corrected chi connectivity index (χ1v) is 10.6. The molecule has 2 heterocycles. The molecule has 0 amide bonds. The smallest absolute Gasteiger partial charge is 0.269 e. The zero-order valence-electron chi connectivity index (χ0n) is 18.2. The largest absolute Gasteiger partial charge is 0.497 e. The molecule has 0 aliphatic carbocycles. The molecule has 9 heteroatoms. The Morgan fingerprint density at radius 3 is 2.47 bits per heavy atom. The number of rotatable bonds is 8. The van der Waals surface area contributed by atoms with Crippen LogP contribution in [0, 0.1) is 10.1 Å². The second kappa shape index (κ2) is 9.07. The number of imidazole rings is 1. The third kappa shape index (κ3) is 4.18. The summed E-state index contributed by atoms with van der Waals surface area (Å²) in [6.07, 6.45) is 0. The molecule has 0 bridgehead atoms. The van der Waals surface area contributed by atoms with Gasteiger partial charge in [-0.2, -0.15) is 0 Å². The lowest BCUT2D eigenvalue weighted by atomic mass is 10.1. The van der Waals surface area contributed by atoms with E-state index in [0.29, 0.717) is 36.2 Å². The highest BCUT2D eigenvalue weighted by Crippen LogP contribution is 2.29. The second-order valence-electron chi connectivity index (χ2n) is 7.48. The Bertz CT molecular complexity index is 1440. The summed E-state index contributed by atoms with van der Waals surface area (Å²) < 4.78 is 18.7. The van der Waals surface area contributed by atoms with Crippen LogP contribution in [-0.4, -0.2) is 33.3 Å². The first kappa shape index (κ1) is 21.2. The number of nitrogens with zero attached hydrogens (tertiary/aromatic N) is 4. The molecule has 0 radical (unpaired) electrons. The van der Waals surface area contributed by atoms with Crippen LogP contribution in [0.3, 0.4) is 0 Å². The Morgan fingerprint density at radius 1 is 1.00 bits per heavy atom. The Morgan fingerprint density at radius 2 is 1.74 bits per heavy atom. The van der Waals surface area contributed by atoms with Crippen LogP contribution >= 0.6 is 0 Å². The highest BCUT2D eigenvalue weighted by atomic mass is 16.6. The molecule has 2 aromatic heterocycles. The Balaban J connectivity index is 1.40. The number of aromatic nitrogens is 3. The van der Waals surface area contributed by atoms with Gasteiger partial charge in [-0.3, -0.25) is 10.1 Å². The minimum absolute atomic E-state index is 0.0222. The average molecular weight is 456 g/mol. The number of nitro groups is 1. The summed E-state index contributed by atoms with van der Waals surface area (Å²) in [4.78, 5) is 15.2. The second-order valence-corrected chi connectivity index (χ2v) is 7.48. The number of hydrogen-bond acceptors (Lipinski definition) is 7. The number of non-ortho nitro benzene ring substituents is 1. The van der Waals surface area contributed by atoms with Gasteiger partial charge in [-0.1, -0.05) is 17.3 Å². The molecule has 0 spiro atoms. The summed E-state index contributed by atoms with van der Waals surface area (Å²) in [6, 6.07) is 23.2. The molecule has 9 nitrogen and oxygen atoms in total. The maximum absolute atomic E-state index is 10.8. The number of benzene rings is 3. The molecule has 0 saturated heterocycles. The molecule has 34 heavy (non-hydrogen) atoms. The van der Waals surface area contributed by atoms with Crippen LogP contribution in [0.15, 0.2) is 83.4 Å². The van der Waals surface area contributed by atoms with Crippen LogP contribution in [0.4, 0.5) is 5.69 Å². The van der Waals surface area contributed by atoms with E-state index in [-0.39, 0.29) is 5.69 Å². The first-order valence-electron chi connectivity index (χ1n) is 10.6. The van der Waals surface area contributed by atoms with Gasteiger partial charge in [-0.25, -0.2) is 4.98 Å². The van der Waals surface area contributed by atoms with Gasteiger partial charge in [0.25, 0.3) is 5.69 Å². The summed E-state index contributed by atoms with van der Waals surface area (Å²) in [5.41, 5.74) is 3.29. The SMILES string of the molecule is COc1ccc(-c2cc(-c3nc4ccccc4n3CCOc3ccc([N+](=O)[O-])cc3)no2)cc1. The number of fused-ring (bicyclic) bond motifs is 1. The molecule has 3 aromatic carbocycles. The zero-order valence-corrected chi connectivity index (χ0v) is 18.2. The van der Waals surface area contributed by atoms with Crippen molar-refractivity contribution >= 4 is 16.7 Å². The summed E-state index contributed by atoms with van der Waals surface area (Å²) in [6.45, 7) is 0.839. The van der Waals surface area contributed by atoms with E-state index in [0.717, 1.165) is 22.3 Å². The van der Waals surface area contributed by atoms with Crippen LogP contribution in [0.5, 0.6) is 11.5 Å². The Labute approximate surface area is 194 Å². The van der Waals surface area contributed by atoms with Gasteiger partial charge in [0.2, 0.25) is 0 Å². The third-order valence-corrected chi connectivity index (χ3v) is 5.40. The van der Waals surface area contributed by atoms with E-state index in [9.17, 15) is 10.1 Å². The number of nitro benzene ring substituents is 1. The first-order chi connectivity index (χ1) is 16.6. The van der Waals surface area contributed by atoms with Gasteiger partial charge in [0.05, 0.1) is 29.6 Å². The lowest BCUT2D eigenvalue weighted by molar-refractivity contribution is -0.384. The quantitative estimate of drug-likeness (QED) is 0.229. The summed E-state index contributed by atoms with van der Waals surface area (Å²) >= 11 is 0. The maximum Gasteiger partial charge on any atom is 0.269 e. The molecule has 170 valence electrons. The van der Waals surface area contributed by atoms with Crippen LogP contribution in [0.1, 0.15) is 0 Å². The fraction of sp³-hybridized carbons (Fsp3) is 0.120. The standard InChI is InChI=1S/C25H20N4O5/c1-32-19-10-6-17(7-11-19)24-16-22(27-34-24)25-26-21-4-2-3-5-23(21)28(25)14-15-33-20-12-8-18(9-13-20)29(30)31/h2-13,16H,14-15H2,1H3. The Hall–Kier alpha value is -4.66. The molecule has 0 aliphatic rings. The molecule has 0 unspecified atom stereocenters. The minimum atomic E-state index is -0.439. The minimum Gasteiger partial charge on any atom is -0.497 e. The van der Waals surface area contributed by atoms with Crippen LogP contribution < -0.4 is 9.47 Å². The van der Waals surface area contributed by atoms with E-state index < -0.39 is 4.92 Å². The van der Waals surface area contributed by atoms with Gasteiger partial charge in [-0.15, -0.1) is 0 Å². The fourth-order valence-corrected chi connectivity index (χ4v) is 3.69. The highest BCUT2D eigenvalue weighted by molar-refractivity contribution is 5.80. The van der Waals surface area contributed by atoms with E-state index in [1.165, 1.54) is 12.1 Å². The van der Waals surface area contributed by atoms with Crippen LogP contribution in [0.25, 0.3) is 33.9 Å². The molecule has 0 aliphatic heterocycles. The summed E-state index contributed by atoms with van der Waals surface area (Å²) in [5.74, 6) is 2.61. The molecule has 0 fully saturated rings. The van der Waals surface area contributed by atoms with Crippen molar-refractivity contribution in [3.63, 3.8) is 0 Å².